The predicted molar refractivity (Wildman–Crippen MR) is 49.0 cm³/mol. The largest absolute Gasteiger partial charge is 0.368 e. The summed E-state index contributed by atoms with van der Waals surface area (Å²) in [6, 6.07) is 5.81. The number of rotatable bonds is 0. The Morgan fingerprint density at radius 3 is 2.83 bits per heavy atom. The Bertz CT molecular complexity index is 430. The van der Waals surface area contributed by atoms with Crippen LogP contribution in [0, 0.1) is 6.92 Å². The van der Waals surface area contributed by atoms with Gasteiger partial charge < -0.3 is 11.6 Å². The van der Waals surface area contributed by atoms with Crippen molar-refractivity contribution in [2.75, 3.05) is 11.6 Å². The standard InChI is InChI=1S/C8H10N4/c1-5-3-2-4-6-7(5)11-8(9)12(6)10/h2-4H,10H2,1H3,(H2,9,11). The van der Waals surface area contributed by atoms with Crippen molar-refractivity contribution in [2.24, 2.45) is 0 Å². The van der Waals surface area contributed by atoms with Gasteiger partial charge in [-0.1, -0.05) is 12.1 Å². The normalized spacial score (nSPS) is 10.8. The van der Waals surface area contributed by atoms with Crippen molar-refractivity contribution >= 4 is 17.0 Å². The monoisotopic (exact) mass is 162 g/mol. The molecule has 1 heterocycles. The molecule has 4 N–H and O–H groups in total. The highest BCUT2D eigenvalue weighted by atomic mass is 15.4. The molecular formula is C8H10N4. The maximum atomic E-state index is 5.64. The van der Waals surface area contributed by atoms with Crippen molar-refractivity contribution in [3.05, 3.63) is 23.8 Å². The third-order valence-electron chi connectivity index (χ3n) is 1.95. The van der Waals surface area contributed by atoms with Crippen molar-refractivity contribution < 1.29 is 0 Å². The number of hydrogen-bond donors (Lipinski definition) is 2. The van der Waals surface area contributed by atoms with Gasteiger partial charge in [-0.05, 0) is 18.6 Å². The zero-order valence-corrected chi connectivity index (χ0v) is 6.78. The van der Waals surface area contributed by atoms with E-state index in [2.05, 4.69) is 4.98 Å². The molecule has 0 spiro atoms. The first-order valence-electron chi connectivity index (χ1n) is 3.69. The van der Waals surface area contributed by atoms with Crippen molar-refractivity contribution in [2.45, 2.75) is 6.92 Å². The molecular weight excluding hydrogens is 152 g/mol. The molecule has 4 nitrogen and oxygen atoms in total. The number of aryl methyl sites for hydroxylation is 1. The van der Waals surface area contributed by atoms with E-state index in [0.29, 0.717) is 5.95 Å². The van der Waals surface area contributed by atoms with E-state index in [0.717, 1.165) is 16.6 Å². The highest BCUT2D eigenvalue weighted by molar-refractivity contribution is 5.81. The van der Waals surface area contributed by atoms with Crippen LogP contribution in [0.15, 0.2) is 18.2 Å². The van der Waals surface area contributed by atoms with Gasteiger partial charge in [-0.25, -0.2) is 9.66 Å². The second-order valence-corrected chi connectivity index (χ2v) is 2.78. The molecule has 2 aromatic rings. The van der Waals surface area contributed by atoms with Crippen molar-refractivity contribution in [3.63, 3.8) is 0 Å². The molecule has 0 aliphatic rings. The number of benzene rings is 1. The van der Waals surface area contributed by atoms with Gasteiger partial charge >= 0.3 is 0 Å². The van der Waals surface area contributed by atoms with Gasteiger partial charge in [0.15, 0.2) is 0 Å². The molecule has 1 aromatic heterocycles. The fourth-order valence-electron chi connectivity index (χ4n) is 1.28. The summed E-state index contributed by atoms with van der Waals surface area (Å²) < 4.78 is 1.39. The Morgan fingerprint density at radius 2 is 2.17 bits per heavy atom. The highest BCUT2D eigenvalue weighted by Crippen LogP contribution is 2.17. The lowest BCUT2D eigenvalue weighted by Gasteiger charge is -1.95. The first kappa shape index (κ1) is 6.97. The van der Waals surface area contributed by atoms with Crippen LogP contribution >= 0.6 is 0 Å². The summed E-state index contributed by atoms with van der Waals surface area (Å²) >= 11 is 0. The molecule has 0 amide bonds. The summed E-state index contributed by atoms with van der Waals surface area (Å²) in [6.07, 6.45) is 0. The van der Waals surface area contributed by atoms with Crippen LogP contribution in [-0.2, 0) is 0 Å². The molecule has 0 unspecified atom stereocenters. The predicted octanol–water partition coefficient (Wildman–Crippen LogP) is 0.641. The van der Waals surface area contributed by atoms with E-state index in [1.165, 1.54) is 4.68 Å². The van der Waals surface area contributed by atoms with Crippen LogP contribution in [0.3, 0.4) is 0 Å². The molecule has 0 radical (unpaired) electrons. The molecule has 1 aromatic carbocycles. The minimum absolute atomic E-state index is 0.347. The number of nitrogens with zero attached hydrogens (tertiary/aromatic N) is 2. The second-order valence-electron chi connectivity index (χ2n) is 2.78. The molecule has 12 heavy (non-hydrogen) atoms. The number of aromatic nitrogens is 2. The third-order valence-corrected chi connectivity index (χ3v) is 1.95. The second kappa shape index (κ2) is 2.14. The van der Waals surface area contributed by atoms with E-state index < -0.39 is 0 Å². The lowest BCUT2D eigenvalue weighted by molar-refractivity contribution is 1.06. The minimum Gasteiger partial charge on any atom is -0.368 e. The lowest BCUT2D eigenvalue weighted by Crippen LogP contribution is -2.11. The Labute approximate surface area is 69.8 Å². The van der Waals surface area contributed by atoms with Gasteiger partial charge in [-0.2, -0.15) is 0 Å². The summed E-state index contributed by atoms with van der Waals surface area (Å²) in [6.45, 7) is 1.98. The number of nitrogen functional groups attached to an aromatic ring is 2. The van der Waals surface area contributed by atoms with Crippen LogP contribution in [0.4, 0.5) is 5.95 Å². The Hall–Kier alpha value is -1.71. The van der Waals surface area contributed by atoms with Gasteiger partial charge in [0, 0.05) is 0 Å². The van der Waals surface area contributed by atoms with E-state index in [1.807, 2.05) is 25.1 Å². The van der Waals surface area contributed by atoms with Gasteiger partial charge in [0.25, 0.3) is 0 Å². The molecule has 2 rings (SSSR count). The van der Waals surface area contributed by atoms with E-state index in [4.69, 9.17) is 11.6 Å². The molecule has 0 aliphatic carbocycles. The van der Waals surface area contributed by atoms with Gasteiger partial charge in [-0.3, -0.25) is 0 Å². The van der Waals surface area contributed by atoms with Gasteiger partial charge in [0.1, 0.15) is 0 Å². The minimum atomic E-state index is 0.347. The van der Waals surface area contributed by atoms with E-state index in [1.54, 1.807) is 0 Å². The SMILES string of the molecule is Cc1cccc2c1nc(N)n2N. The smallest absolute Gasteiger partial charge is 0.220 e. The number of fused-ring (bicyclic) bond motifs is 1. The molecule has 0 atom stereocenters. The Kier molecular flexibility index (Phi) is 1.24. The van der Waals surface area contributed by atoms with Crippen molar-refractivity contribution in [1.82, 2.24) is 9.66 Å². The highest BCUT2D eigenvalue weighted by Gasteiger charge is 2.05. The molecule has 0 aliphatic heterocycles. The number of nitrogens with two attached hydrogens (primary N) is 2. The number of imidazole rings is 1. The van der Waals surface area contributed by atoms with Crippen LogP contribution in [0.5, 0.6) is 0 Å². The molecule has 0 bridgehead atoms. The summed E-state index contributed by atoms with van der Waals surface area (Å²) in [5, 5.41) is 0. The van der Waals surface area contributed by atoms with Crippen LogP contribution in [0.1, 0.15) is 5.56 Å². The van der Waals surface area contributed by atoms with Gasteiger partial charge in [0.05, 0.1) is 11.0 Å². The van der Waals surface area contributed by atoms with E-state index >= 15 is 0 Å². The zero-order chi connectivity index (χ0) is 8.72. The number of para-hydroxylation sites is 1. The molecule has 0 saturated heterocycles. The topological polar surface area (TPSA) is 69.9 Å². The fraction of sp³-hybridized carbons (Fsp3) is 0.125. The summed E-state index contributed by atoms with van der Waals surface area (Å²) in [7, 11) is 0. The number of hydrogen-bond acceptors (Lipinski definition) is 3. The lowest BCUT2D eigenvalue weighted by atomic mass is 10.2. The molecule has 0 fully saturated rings. The summed E-state index contributed by atoms with van der Waals surface area (Å²) in [5.41, 5.74) is 8.38. The molecule has 4 heteroatoms. The van der Waals surface area contributed by atoms with E-state index in [-0.39, 0.29) is 0 Å². The first-order valence-corrected chi connectivity index (χ1v) is 3.69. The van der Waals surface area contributed by atoms with Crippen molar-refractivity contribution in [3.8, 4) is 0 Å². The fourth-order valence-corrected chi connectivity index (χ4v) is 1.28. The average Bonchev–Trinajstić information content (AvgIpc) is 2.32. The van der Waals surface area contributed by atoms with Crippen LogP contribution in [0.25, 0.3) is 11.0 Å². The number of anilines is 1. The third kappa shape index (κ3) is 0.747. The quantitative estimate of drug-likeness (QED) is 0.558. The first-order chi connectivity index (χ1) is 5.70. The zero-order valence-electron chi connectivity index (χ0n) is 6.78. The van der Waals surface area contributed by atoms with Gasteiger partial charge in [0.2, 0.25) is 5.95 Å². The maximum Gasteiger partial charge on any atom is 0.220 e. The Balaban J connectivity index is 2.95. The van der Waals surface area contributed by atoms with Gasteiger partial charge in [-0.15, -0.1) is 0 Å². The van der Waals surface area contributed by atoms with E-state index in [9.17, 15) is 0 Å². The van der Waals surface area contributed by atoms with Crippen LogP contribution in [-0.4, -0.2) is 9.66 Å². The van der Waals surface area contributed by atoms with Crippen LogP contribution in [0.2, 0.25) is 0 Å². The van der Waals surface area contributed by atoms with Crippen LogP contribution < -0.4 is 11.6 Å². The maximum absolute atomic E-state index is 5.64. The Morgan fingerprint density at radius 1 is 1.42 bits per heavy atom. The summed E-state index contributed by atoms with van der Waals surface area (Å²) in [5.74, 6) is 5.98. The molecule has 0 saturated carbocycles. The average molecular weight is 162 g/mol. The summed E-state index contributed by atoms with van der Waals surface area (Å²) in [4.78, 5) is 4.13. The molecule has 62 valence electrons. The van der Waals surface area contributed by atoms with Crippen molar-refractivity contribution in [1.29, 1.82) is 0 Å².